The lowest BCUT2D eigenvalue weighted by Gasteiger charge is -2.08. The van der Waals surface area contributed by atoms with E-state index < -0.39 is 10.7 Å². The van der Waals surface area contributed by atoms with Crippen LogP contribution in [0.3, 0.4) is 0 Å². The Balaban J connectivity index is 2.30. The van der Waals surface area contributed by atoms with Crippen molar-refractivity contribution < 1.29 is 9.31 Å². The van der Waals surface area contributed by atoms with E-state index in [2.05, 4.69) is 5.32 Å². The van der Waals surface area contributed by atoms with Crippen LogP contribution in [0.5, 0.6) is 0 Å². The average Bonchev–Trinajstić information content (AvgIpc) is 2.36. The minimum Gasteiger partial charge on any atom is -0.355 e. The molecular formula is C13H10ClFN2O2. The Kier molecular flexibility index (Phi) is 3.66. The van der Waals surface area contributed by atoms with Gasteiger partial charge in [0.25, 0.3) is 5.69 Å². The van der Waals surface area contributed by atoms with Crippen molar-refractivity contribution in [3.63, 3.8) is 0 Å². The number of hydrogen-bond donors (Lipinski definition) is 1. The summed E-state index contributed by atoms with van der Waals surface area (Å²) in [7, 11) is 0. The van der Waals surface area contributed by atoms with Crippen LogP contribution in [-0.2, 0) is 0 Å². The number of nitrogens with zero attached hydrogens (tertiary/aromatic N) is 1. The zero-order valence-corrected chi connectivity index (χ0v) is 10.7. The van der Waals surface area contributed by atoms with E-state index >= 15 is 0 Å². The number of nitro benzene ring substituents is 1. The van der Waals surface area contributed by atoms with Crippen molar-refractivity contribution >= 4 is 28.7 Å². The molecule has 98 valence electrons. The summed E-state index contributed by atoms with van der Waals surface area (Å²) >= 11 is 5.66. The molecule has 6 heteroatoms. The monoisotopic (exact) mass is 280 g/mol. The smallest absolute Gasteiger partial charge is 0.274 e. The fourth-order valence-electron chi connectivity index (χ4n) is 1.62. The summed E-state index contributed by atoms with van der Waals surface area (Å²) in [6.07, 6.45) is 0. The van der Waals surface area contributed by atoms with Gasteiger partial charge in [0.2, 0.25) is 0 Å². The van der Waals surface area contributed by atoms with Gasteiger partial charge >= 0.3 is 0 Å². The zero-order valence-electron chi connectivity index (χ0n) is 9.98. The van der Waals surface area contributed by atoms with Crippen LogP contribution < -0.4 is 5.32 Å². The Hall–Kier alpha value is -2.14. The maximum absolute atomic E-state index is 13.0. The van der Waals surface area contributed by atoms with Crippen molar-refractivity contribution in [3.8, 4) is 0 Å². The molecule has 2 rings (SSSR count). The second-order valence-electron chi connectivity index (χ2n) is 4.01. The number of hydrogen-bond acceptors (Lipinski definition) is 3. The highest BCUT2D eigenvalue weighted by Gasteiger charge is 2.11. The molecule has 0 bridgehead atoms. The Bertz CT molecular complexity index is 647. The third-order valence-electron chi connectivity index (χ3n) is 2.61. The number of anilines is 2. The molecule has 0 aliphatic carbocycles. The minimum absolute atomic E-state index is 0.00777. The number of aryl methyl sites for hydroxylation is 1. The van der Waals surface area contributed by atoms with Crippen LogP contribution in [0, 0.1) is 22.9 Å². The van der Waals surface area contributed by atoms with E-state index in [9.17, 15) is 14.5 Å². The SMILES string of the molecule is Cc1ccc(Nc2ccc(F)c(Cl)c2)cc1[N+](=O)[O-]. The van der Waals surface area contributed by atoms with Crippen LogP contribution in [0.25, 0.3) is 0 Å². The van der Waals surface area contributed by atoms with Gasteiger partial charge in [-0.3, -0.25) is 10.1 Å². The summed E-state index contributed by atoms with van der Waals surface area (Å²) in [5.41, 5.74) is 1.70. The predicted octanol–water partition coefficient (Wildman–Crippen LogP) is 4.44. The van der Waals surface area contributed by atoms with E-state index in [4.69, 9.17) is 11.6 Å². The van der Waals surface area contributed by atoms with Gasteiger partial charge in [0.05, 0.1) is 9.95 Å². The molecule has 0 heterocycles. The highest BCUT2D eigenvalue weighted by molar-refractivity contribution is 6.31. The van der Waals surface area contributed by atoms with Crippen molar-refractivity contribution in [3.05, 3.63) is 62.9 Å². The molecule has 0 aliphatic rings. The molecule has 0 saturated heterocycles. The maximum Gasteiger partial charge on any atom is 0.274 e. The van der Waals surface area contributed by atoms with E-state index in [0.29, 0.717) is 16.9 Å². The fraction of sp³-hybridized carbons (Fsp3) is 0.0769. The number of benzene rings is 2. The lowest BCUT2D eigenvalue weighted by atomic mass is 10.2. The first-order valence-electron chi connectivity index (χ1n) is 5.44. The van der Waals surface area contributed by atoms with Gasteiger partial charge in [-0.1, -0.05) is 17.7 Å². The molecule has 0 spiro atoms. The number of halogens is 2. The van der Waals surface area contributed by atoms with Crippen LogP contribution >= 0.6 is 11.6 Å². The second-order valence-corrected chi connectivity index (χ2v) is 4.42. The molecule has 2 aromatic rings. The molecule has 1 N–H and O–H groups in total. The van der Waals surface area contributed by atoms with Gasteiger partial charge in [-0.05, 0) is 31.2 Å². The summed E-state index contributed by atoms with van der Waals surface area (Å²) < 4.78 is 13.0. The Morgan fingerprint density at radius 3 is 2.47 bits per heavy atom. The van der Waals surface area contributed by atoms with E-state index in [1.807, 2.05) is 0 Å². The molecule has 0 fully saturated rings. The quantitative estimate of drug-likeness (QED) is 0.668. The van der Waals surface area contributed by atoms with Crippen LogP contribution in [0.2, 0.25) is 5.02 Å². The highest BCUT2D eigenvalue weighted by Crippen LogP contribution is 2.26. The highest BCUT2D eigenvalue weighted by atomic mass is 35.5. The third kappa shape index (κ3) is 3.00. The molecule has 19 heavy (non-hydrogen) atoms. The summed E-state index contributed by atoms with van der Waals surface area (Å²) in [4.78, 5) is 10.4. The number of nitrogens with one attached hydrogen (secondary N) is 1. The Labute approximate surface area is 114 Å². The van der Waals surface area contributed by atoms with Crippen LogP contribution in [0.1, 0.15) is 5.56 Å². The topological polar surface area (TPSA) is 55.2 Å². The van der Waals surface area contributed by atoms with E-state index in [1.165, 1.54) is 24.3 Å². The molecule has 0 radical (unpaired) electrons. The molecule has 2 aromatic carbocycles. The van der Waals surface area contributed by atoms with Crippen molar-refractivity contribution in [1.82, 2.24) is 0 Å². The third-order valence-corrected chi connectivity index (χ3v) is 2.90. The van der Waals surface area contributed by atoms with Crippen LogP contribution in [-0.4, -0.2) is 4.92 Å². The maximum atomic E-state index is 13.0. The molecule has 0 amide bonds. The van der Waals surface area contributed by atoms with Crippen LogP contribution in [0.15, 0.2) is 36.4 Å². The molecular weight excluding hydrogens is 271 g/mol. The molecule has 0 aliphatic heterocycles. The van der Waals surface area contributed by atoms with E-state index in [-0.39, 0.29) is 10.7 Å². The summed E-state index contributed by atoms with van der Waals surface area (Å²) in [6, 6.07) is 8.93. The van der Waals surface area contributed by atoms with Crippen molar-refractivity contribution in [2.75, 3.05) is 5.32 Å². The summed E-state index contributed by atoms with van der Waals surface area (Å²) in [6.45, 7) is 1.66. The van der Waals surface area contributed by atoms with Crippen LogP contribution in [0.4, 0.5) is 21.5 Å². The van der Waals surface area contributed by atoms with Gasteiger partial charge in [0.15, 0.2) is 0 Å². The normalized spacial score (nSPS) is 10.3. The summed E-state index contributed by atoms with van der Waals surface area (Å²) in [5.74, 6) is -0.512. The largest absolute Gasteiger partial charge is 0.355 e. The average molecular weight is 281 g/mol. The van der Waals surface area contributed by atoms with Gasteiger partial charge in [-0.15, -0.1) is 0 Å². The first-order valence-corrected chi connectivity index (χ1v) is 5.82. The Morgan fingerprint density at radius 2 is 1.84 bits per heavy atom. The molecule has 0 unspecified atom stereocenters. The van der Waals surface area contributed by atoms with E-state index in [1.54, 1.807) is 19.1 Å². The zero-order chi connectivity index (χ0) is 14.0. The second kappa shape index (κ2) is 5.24. The first-order chi connectivity index (χ1) is 8.97. The standard InChI is InChI=1S/C13H10ClFN2O2/c1-8-2-3-10(7-13(8)17(18)19)16-9-4-5-12(15)11(14)6-9/h2-7,16H,1H3. The molecule has 4 nitrogen and oxygen atoms in total. The van der Waals surface area contributed by atoms with Crippen molar-refractivity contribution in [2.24, 2.45) is 0 Å². The number of nitro groups is 1. The molecule has 0 aromatic heterocycles. The molecule has 0 saturated carbocycles. The molecule has 0 atom stereocenters. The van der Waals surface area contributed by atoms with Gasteiger partial charge < -0.3 is 5.32 Å². The van der Waals surface area contributed by atoms with E-state index in [0.717, 1.165) is 0 Å². The lowest BCUT2D eigenvalue weighted by Crippen LogP contribution is -1.95. The minimum atomic E-state index is -0.512. The van der Waals surface area contributed by atoms with Crippen molar-refractivity contribution in [2.45, 2.75) is 6.92 Å². The summed E-state index contributed by atoms with van der Waals surface area (Å²) in [5, 5.41) is 13.8. The van der Waals surface area contributed by atoms with Gasteiger partial charge in [-0.2, -0.15) is 0 Å². The van der Waals surface area contributed by atoms with Crippen molar-refractivity contribution in [1.29, 1.82) is 0 Å². The first kappa shape index (κ1) is 13.3. The van der Waals surface area contributed by atoms with Gasteiger partial charge in [-0.25, -0.2) is 4.39 Å². The van der Waals surface area contributed by atoms with Gasteiger partial charge in [0.1, 0.15) is 5.82 Å². The Morgan fingerprint density at radius 1 is 1.21 bits per heavy atom. The van der Waals surface area contributed by atoms with Gasteiger partial charge in [0, 0.05) is 23.0 Å². The lowest BCUT2D eigenvalue weighted by molar-refractivity contribution is -0.385. The predicted molar refractivity (Wildman–Crippen MR) is 72.5 cm³/mol. The fourth-order valence-corrected chi connectivity index (χ4v) is 1.80. The number of rotatable bonds is 3.